The number of nitrogens with one attached hydrogen (secondary N) is 1. The third kappa shape index (κ3) is 2.74. The molecule has 0 atom stereocenters. The average Bonchev–Trinajstić information content (AvgIpc) is 2.87. The molecule has 0 spiro atoms. The first-order valence-electron chi connectivity index (χ1n) is 5.38. The van der Waals surface area contributed by atoms with Crippen LogP contribution in [0.4, 0.5) is 14.5 Å². The molecular formula is C12H8ClF2NO2S. The maximum absolute atomic E-state index is 12.8. The van der Waals surface area contributed by atoms with Crippen molar-refractivity contribution >= 4 is 28.6 Å². The van der Waals surface area contributed by atoms with Gasteiger partial charge in [0, 0.05) is 28.6 Å². The summed E-state index contributed by atoms with van der Waals surface area (Å²) >= 11 is 7.34. The fourth-order valence-electron chi connectivity index (χ4n) is 1.69. The van der Waals surface area contributed by atoms with E-state index >= 15 is 0 Å². The molecular weight excluding hydrogens is 296 g/mol. The van der Waals surface area contributed by atoms with E-state index in [1.807, 2.05) is 11.4 Å². The van der Waals surface area contributed by atoms with E-state index in [2.05, 4.69) is 14.8 Å². The Morgan fingerprint density at radius 1 is 1.21 bits per heavy atom. The fraction of sp³-hybridized carbons (Fsp3) is 0.167. The molecule has 0 aliphatic carbocycles. The molecule has 19 heavy (non-hydrogen) atoms. The van der Waals surface area contributed by atoms with Crippen molar-refractivity contribution in [2.75, 3.05) is 5.32 Å². The van der Waals surface area contributed by atoms with Gasteiger partial charge in [0.15, 0.2) is 11.5 Å². The number of fused-ring (bicyclic) bond motifs is 1. The zero-order valence-electron chi connectivity index (χ0n) is 9.45. The van der Waals surface area contributed by atoms with Crippen molar-refractivity contribution in [3.05, 3.63) is 39.5 Å². The van der Waals surface area contributed by atoms with Gasteiger partial charge in [0.1, 0.15) is 0 Å². The Hall–Kier alpha value is -1.53. The maximum Gasteiger partial charge on any atom is 0.586 e. The lowest BCUT2D eigenvalue weighted by Crippen LogP contribution is -2.25. The number of ether oxygens (including phenoxy) is 2. The van der Waals surface area contributed by atoms with Crippen LogP contribution < -0.4 is 14.8 Å². The second kappa shape index (κ2) is 4.54. The minimum absolute atomic E-state index is 0.0270. The van der Waals surface area contributed by atoms with Crippen molar-refractivity contribution in [3.63, 3.8) is 0 Å². The lowest BCUT2D eigenvalue weighted by atomic mass is 10.3. The van der Waals surface area contributed by atoms with E-state index in [4.69, 9.17) is 11.6 Å². The zero-order chi connectivity index (χ0) is 13.5. The van der Waals surface area contributed by atoms with Crippen LogP contribution in [-0.2, 0) is 6.54 Å². The Labute approximate surface area is 116 Å². The lowest BCUT2D eigenvalue weighted by molar-refractivity contribution is -0.286. The van der Waals surface area contributed by atoms with Crippen LogP contribution >= 0.6 is 22.9 Å². The van der Waals surface area contributed by atoms with E-state index in [9.17, 15) is 8.78 Å². The smallest absolute Gasteiger partial charge is 0.395 e. The Morgan fingerprint density at radius 2 is 2.00 bits per heavy atom. The molecule has 0 amide bonds. The number of hydrogen-bond donors (Lipinski definition) is 1. The Bertz CT molecular complexity index is 618. The number of thiophene rings is 1. The molecule has 100 valence electrons. The SMILES string of the molecule is FC1(F)Oc2ccc(NCc3cc(Cl)cs3)cc2O1. The highest BCUT2D eigenvalue weighted by molar-refractivity contribution is 7.10. The molecule has 1 aliphatic rings. The van der Waals surface area contributed by atoms with Gasteiger partial charge >= 0.3 is 6.29 Å². The second-order valence-corrected chi connectivity index (χ2v) is 5.35. The van der Waals surface area contributed by atoms with Gasteiger partial charge in [-0.25, -0.2) is 0 Å². The molecule has 1 aromatic heterocycles. The highest BCUT2D eigenvalue weighted by atomic mass is 35.5. The number of hydrogen-bond acceptors (Lipinski definition) is 4. The van der Waals surface area contributed by atoms with Crippen LogP contribution in [-0.4, -0.2) is 6.29 Å². The Morgan fingerprint density at radius 3 is 2.74 bits per heavy atom. The summed E-state index contributed by atoms with van der Waals surface area (Å²) in [4.78, 5) is 1.05. The number of anilines is 1. The summed E-state index contributed by atoms with van der Waals surface area (Å²) in [6.07, 6.45) is -3.58. The number of halogens is 3. The maximum atomic E-state index is 12.8. The van der Waals surface area contributed by atoms with Gasteiger partial charge < -0.3 is 14.8 Å². The van der Waals surface area contributed by atoms with Gasteiger partial charge in [-0.05, 0) is 18.2 Å². The predicted molar refractivity (Wildman–Crippen MR) is 69.3 cm³/mol. The zero-order valence-corrected chi connectivity index (χ0v) is 11.0. The summed E-state index contributed by atoms with van der Waals surface area (Å²) in [7, 11) is 0. The predicted octanol–water partition coefficient (Wildman–Crippen LogP) is 4.34. The largest absolute Gasteiger partial charge is 0.586 e. The molecule has 0 fully saturated rings. The molecule has 0 radical (unpaired) electrons. The molecule has 0 saturated carbocycles. The van der Waals surface area contributed by atoms with Crippen molar-refractivity contribution < 1.29 is 18.3 Å². The molecule has 7 heteroatoms. The third-order valence-corrected chi connectivity index (χ3v) is 3.77. The van der Waals surface area contributed by atoms with E-state index in [0.29, 0.717) is 17.3 Å². The van der Waals surface area contributed by atoms with Gasteiger partial charge in [0.2, 0.25) is 0 Å². The molecule has 2 heterocycles. The summed E-state index contributed by atoms with van der Waals surface area (Å²) in [6.45, 7) is 0.563. The van der Waals surface area contributed by atoms with Crippen molar-refractivity contribution in [1.82, 2.24) is 0 Å². The number of rotatable bonds is 3. The van der Waals surface area contributed by atoms with Gasteiger partial charge in [0.25, 0.3) is 0 Å². The van der Waals surface area contributed by atoms with Gasteiger partial charge in [0.05, 0.1) is 5.02 Å². The first-order valence-corrected chi connectivity index (χ1v) is 6.64. The number of benzene rings is 1. The van der Waals surface area contributed by atoms with Crippen LogP contribution in [0.2, 0.25) is 5.02 Å². The molecule has 2 aromatic rings. The van der Waals surface area contributed by atoms with Crippen LogP contribution in [0.3, 0.4) is 0 Å². The van der Waals surface area contributed by atoms with E-state index < -0.39 is 6.29 Å². The fourth-order valence-corrected chi connectivity index (χ4v) is 2.71. The summed E-state index contributed by atoms with van der Waals surface area (Å²) in [6, 6.07) is 6.42. The second-order valence-electron chi connectivity index (χ2n) is 3.91. The monoisotopic (exact) mass is 303 g/mol. The summed E-state index contributed by atoms with van der Waals surface area (Å²) in [5, 5.41) is 5.62. The molecule has 1 aliphatic heterocycles. The Kier molecular flexibility index (Phi) is 2.99. The van der Waals surface area contributed by atoms with E-state index in [1.165, 1.54) is 23.5 Å². The summed E-state index contributed by atoms with van der Waals surface area (Å²) < 4.78 is 34.4. The molecule has 0 bridgehead atoms. The van der Waals surface area contributed by atoms with Gasteiger partial charge in [-0.15, -0.1) is 20.1 Å². The normalized spacial score (nSPS) is 15.5. The summed E-state index contributed by atoms with van der Waals surface area (Å²) in [5.74, 6) is 0.0638. The van der Waals surface area contributed by atoms with Crippen LogP contribution in [0.1, 0.15) is 4.88 Å². The van der Waals surface area contributed by atoms with Crippen LogP contribution in [0.15, 0.2) is 29.6 Å². The molecule has 1 aromatic carbocycles. The first kappa shape index (κ1) is 12.5. The van der Waals surface area contributed by atoms with Crippen molar-refractivity contribution in [2.45, 2.75) is 12.8 Å². The minimum Gasteiger partial charge on any atom is -0.395 e. The van der Waals surface area contributed by atoms with Crippen molar-refractivity contribution in [1.29, 1.82) is 0 Å². The molecule has 3 nitrogen and oxygen atoms in total. The Balaban J connectivity index is 1.70. The van der Waals surface area contributed by atoms with Crippen molar-refractivity contribution in [3.8, 4) is 11.5 Å². The molecule has 0 saturated heterocycles. The van der Waals surface area contributed by atoms with Crippen LogP contribution in [0, 0.1) is 0 Å². The van der Waals surface area contributed by atoms with E-state index in [0.717, 1.165) is 4.88 Å². The van der Waals surface area contributed by atoms with Gasteiger partial charge in [-0.3, -0.25) is 0 Å². The highest BCUT2D eigenvalue weighted by Gasteiger charge is 2.43. The topological polar surface area (TPSA) is 30.5 Å². The molecule has 0 unspecified atom stereocenters. The first-order chi connectivity index (χ1) is 9.02. The lowest BCUT2D eigenvalue weighted by Gasteiger charge is -2.05. The third-order valence-electron chi connectivity index (χ3n) is 2.49. The molecule has 1 N–H and O–H groups in total. The van der Waals surface area contributed by atoms with E-state index in [-0.39, 0.29) is 11.5 Å². The van der Waals surface area contributed by atoms with Gasteiger partial charge in [-0.1, -0.05) is 11.6 Å². The summed E-state index contributed by atoms with van der Waals surface area (Å²) in [5.41, 5.74) is 0.671. The molecule has 3 rings (SSSR count). The van der Waals surface area contributed by atoms with Gasteiger partial charge in [-0.2, -0.15) is 0 Å². The van der Waals surface area contributed by atoms with Crippen molar-refractivity contribution in [2.24, 2.45) is 0 Å². The van der Waals surface area contributed by atoms with Crippen LogP contribution in [0.25, 0.3) is 0 Å². The van der Waals surface area contributed by atoms with E-state index in [1.54, 1.807) is 6.07 Å². The minimum atomic E-state index is -3.58. The quantitative estimate of drug-likeness (QED) is 0.915. The van der Waals surface area contributed by atoms with Crippen LogP contribution in [0.5, 0.6) is 11.5 Å². The standard InChI is InChI=1S/C12H8ClF2NO2S/c13-7-3-9(19-6-7)5-16-8-1-2-10-11(4-8)18-12(14,15)17-10/h1-4,6,16H,5H2. The number of alkyl halides is 2. The average molecular weight is 304 g/mol. The highest BCUT2D eigenvalue weighted by Crippen LogP contribution is 2.42.